The average Bonchev–Trinajstić information content (AvgIpc) is 2.88. The molecular weight excluding hydrogens is 280 g/mol. The summed E-state index contributed by atoms with van der Waals surface area (Å²) in [6.45, 7) is 7.04. The van der Waals surface area contributed by atoms with Crippen LogP contribution < -0.4 is 5.32 Å². The summed E-state index contributed by atoms with van der Waals surface area (Å²) in [5.41, 5.74) is 0.537. The van der Waals surface area contributed by atoms with Crippen molar-refractivity contribution >= 4 is 34.4 Å². The van der Waals surface area contributed by atoms with Crippen LogP contribution in [0.25, 0.3) is 11.0 Å². The SMILES string of the molecule is CCN(CC)C(=O)C(C)Nc1nc(Cl)nc2[nH]ncc12. The molecule has 7 nitrogen and oxygen atoms in total. The van der Waals surface area contributed by atoms with Crippen LogP contribution in [0.15, 0.2) is 6.20 Å². The zero-order valence-corrected chi connectivity index (χ0v) is 12.4. The van der Waals surface area contributed by atoms with E-state index in [1.54, 1.807) is 18.0 Å². The van der Waals surface area contributed by atoms with Crippen molar-refractivity contribution in [3.8, 4) is 0 Å². The minimum absolute atomic E-state index is 0.0152. The quantitative estimate of drug-likeness (QED) is 0.820. The maximum atomic E-state index is 12.2. The zero-order valence-electron chi connectivity index (χ0n) is 11.6. The van der Waals surface area contributed by atoms with E-state index in [0.717, 1.165) is 0 Å². The summed E-state index contributed by atoms with van der Waals surface area (Å²) >= 11 is 5.86. The molecule has 0 aromatic carbocycles. The fraction of sp³-hybridized carbons (Fsp3) is 0.500. The molecule has 0 bridgehead atoms. The second-order valence-electron chi connectivity index (χ2n) is 4.35. The molecule has 8 heteroatoms. The second-order valence-corrected chi connectivity index (χ2v) is 4.69. The molecule has 1 atom stereocenters. The van der Waals surface area contributed by atoms with Gasteiger partial charge in [0.05, 0.1) is 11.6 Å². The number of rotatable bonds is 5. The lowest BCUT2D eigenvalue weighted by Crippen LogP contribution is -2.41. The van der Waals surface area contributed by atoms with E-state index in [1.807, 2.05) is 13.8 Å². The Labute approximate surface area is 121 Å². The van der Waals surface area contributed by atoms with E-state index >= 15 is 0 Å². The van der Waals surface area contributed by atoms with Gasteiger partial charge >= 0.3 is 0 Å². The van der Waals surface area contributed by atoms with E-state index in [9.17, 15) is 4.79 Å². The molecule has 0 spiro atoms. The van der Waals surface area contributed by atoms with Gasteiger partial charge in [0.15, 0.2) is 5.65 Å². The Hall–Kier alpha value is -1.89. The van der Waals surface area contributed by atoms with E-state index in [-0.39, 0.29) is 11.2 Å². The number of hydrogen-bond donors (Lipinski definition) is 2. The van der Waals surface area contributed by atoms with Gasteiger partial charge in [0.1, 0.15) is 11.9 Å². The number of aromatic nitrogens is 4. The van der Waals surface area contributed by atoms with Gasteiger partial charge in [0.2, 0.25) is 11.2 Å². The van der Waals surface area contributed by atoms with Gasteiger partial charge in [0.25, 0.3) is 0 Å². The molecule has 2 aromatic heterocycles. The molecule has 0 aliphatic carbocycles. The number of anilines is 1. The Morgan fingerprint density at radius 2 is 2.15 bits per heavy atom. The molecule has 2 heterocycles. The standard InChI is InChI=1S/C12H17ClN6O/c1-4-19(5-2)11(20)7(3)15-9-8-6-14-18-10(8)17-12(13)16-9/h6-7H,4-5H2,1-3H3,(H2,14,15,16,17,18). The van der Waals surface area contributed by atoms with Gasteiger partial charge in [-0.15, -0.1) is 0 Å². The first-order valence-electron chi connectivity index (χ1n) is 6.48. The Morgan fingerprint density at radius 3 is 2.80 bits per heavy atom. The van der Waals surface area contributed by atoms with Crippen molar-refractivity contribution in [3.63, 3.8) is 0 Å². The molecule has 2 N–H and O–H groups in total. The fourth-order valence-corrected chi connectivity index (χ4v) is 2.16. The maximum absolute atomic E-state index is 12.2. The van der Waals surface area contributed by atoms with E-state index in [4.69, 9.17) is 11.6 Å². The first-order valence-corrected chi connectivity index (χ1v) is 6.86. The zero-order chi connectivity index (χ0) is 14.7. The van der Waals surface area contributed by atoms with Crippen LogP contribution in [0.2, 0.25) is 5.28 Å². The fourth-order valence-electron chi connectivity index (χ4n) is 1.99. The van der Waals surface area contributed by atoms with Crippen LogP contribution in [0, 0.1) is 0 Å². The lowest BCUT2D eigenvalue weighted by atomic mass is 10.2. The molecule has 1 amide bonds. The number of nitrogens with zero attached hydrogens (tertiary/aromatic N) is 4. The normalized spacial score (nSPS) is 12.4. The number of H-pyrrole nitrogens is 1. The number of aromatic amines is 1. The van der Waals surface area contributed by atoms with Crippen molar-refractivity contribution in [1.82, 2.24) is 25.1 Å². The molecule has 20 heavy (non-hydrogen) atoms. The van der Waals surface area contributed by atoms with Gasteiger partial charge in [0, 0.05) is 13.1 Å². The predicted octanol–water partition coefficient (Wildman–Crippen LogP) is 1.68. The Bertz CT molecular complexity index is 609. The van der Waals surface area contributed by atoms with Gasteiger partial charge in [-0.25, -0.2) is 0 Å². The molecule has 0 aliphatic rings. The maximum Gasteiger partial charge on any atom is 0.244 e. The van der Waals surface area contributed by atoms with Crippen molar-refractivity contribution in [2.24, 2.45) is 0 Å². The minimum Gasteiger partial charge on any atom is -0.358 e. The number of amides is 1. The summed E-state index contributed by atoms with van der Waals surface area (Å²) < 4.78 is 0. The van der Waals surface area contributed by atoms with Crippen molar-refractivity contribution in [2.75, 3.05) is 18.4 Å². The van der Waals surface area contributed by atoms with E-state index in [2.05, 4.69) is 25.5 Å². The van der Waals surface area contributed by atoms with Crippen LogP contribution in [-0.2, 0) is 4.79 Å². The molecule has 0 fully saturated rings. The van der Waals surface area contributed by atoms with E-state index in [0.29, 0.717) is 29.9 Å². The van der Waals surface area contributed by atoms with Crippen molar-refractivity contribution in [1.29, 1.82) is 0 Å². The average molecular weight is 297 g/mol. The molecule has 0 saturated heterocycles. The summed E-state index contributed by atoms with van der Waals surface area (Å²) in [7, 11) is 0. The second kappa shape index (κ2) is 6.04. The lowest BCUT2D eigenvalue weighted by Gasteiger charge is -2.23. The smallest absolute Gasteiger partial charge is 0.244 e. The van der Waals surface area contributed by atoms with Crippen LogP contribution in [0.4, 0.5) is 5.82 Å². The summed E-state index contributed by atoms with van der Waals surface area (Å²) in [5, 5.41) is 10.5. The van der Waals surface area contributed by atoms with Crippen LogP contribution in [0.3, 0.4) is 0 Å². The third kappa shape index (κ3) is 2.82. The van der Waals surface area contributed by atoms with Crippen LogP contribution in [0.1, 0.15) is 20.8 Å². The summed E-state index contributed by atoms with van der Waals surface area (Å²) in [5.74, 6) is 0.517. The molecule has 0 saturated carbocycles. The number of likely N-dealkylation sites (N-methyl/N-ethyl adjacent to an activating group) is 1. The van der Waals surface area contributed by atoms with Crippen LogP contribution >= 0.6 is 11.6 Å². The highest BCUT2D eigenvalue weighted by atomic mass is 35.5. The highest BCUT2D eigenvalue weighted by Crippen LogP contribution is 2.20. The number of carbonyl (C=O) groups is 1. The largest absolute Gasteiger partial charge is 0.358 e. The van der Waals surface area contributed by atoms with E-state index in [1.165, 1.54) is 0 Å². The van der Waals surface area contributed by atoms with Gasteiger partial charge in [-0.05, 0) is 32.4 Å². The first-order chi connectivity index (χ1) is 9.56. The van der Waals surface area contributed by atoms with E-state index < -0.39 is 6.04 Å². The number of nitrogens with one attached hydrogen (secondary N) is 2. The monoisotopic (exact) mass is 296 g/mol. The lowest BCUT2D eigenvalue weighted by molar-refractivity contribution is -0.131. The minimum atomic E-state index is -0.404. The third-order valence-electron chi connectivity index (χ3n) is 3.08. The topological polar surface area (TPSA) is 86.8 Å². The van der Waals surface area contributed by atoms with Gasteiger partial charge < -0.3 is 10.2 Å². The van der Waals surface area contributed by atoms with Gasteiger partial charge in [-0.3, -0.25) is 9.89 Å². The third-order valence-corrected chi connectivity index (χ3v) is 3.25. The Balaban J connectivity index is 2.23. The molecule has 0 radical (unpaired) electrons. The summed E-state index contributed by atoms with van der Waals surface area (Å²) in [6, 6.07) is -0.404. The molecule has 2 rings (SSSR count). The van der Waals surface area contributed by atoms with Crippen molar-refractivity contribution in [2.45, 2.75) is 26.8 Å². The summed E-state index contributed by atoms with van der Waals surface area (Å²) in [4.78, 5) is 22.1. The highest BCUT2D eigenvalue weighted by Gasteiger charge is 2.20. The summed E-state index contributed by atoms with van der Waals surface area (Å²) in [6.07, 6.45) is 1.60. The van der Waals surface area contributed by atoms with Crippen LogP contribution in [-0.4, -0.2) is 50.1 Å². The first kappa shape index (κ1) is 14.5. The highest BCUT2D eigenvalue weighted by molar-refractivity contribution is 6.28. The molecule has 0 aliphatic heterocycles. The molecule has 2 aromatic rings. The van der Waals surface area contributed by atoms with Gasteiger partial charge in [-0.2, -0.15) is 15.1 Å². The molecule has 108 valence electrons. The van der Waals surface area contributed by atoms with Crippen LogP contribution in [0.5, 0.6) is 0 Å². The Morgan fingerprint density at radius 1 is 1.45 bits per heavy atom. The predicted molar refractivity (Wildman–Crippen MR) is 77.7 cm³/mol. The Kier molecular flexibility index (Phi) is 4.39. The van der Waals surface area contributed by atoms with Gasteiger partial charge in [-0.1, -0.05) is 0 Å². The number of fused-ring (bicyclic) bond motifs is 1. The number of carbonyl (C=O) groups excluding carboxylic acids is 1. The number of hydrogen-bond acceptors (Lipinski definition) is 5. The molecular formula is C12H17ClN6O. The van der Waals surface area contributed by atoms with Crippen molar-refractivity contribution < 1.29 is 4.79 Å². The van der Waals surface area contributed by atoms with Crippen molar-refractivity contribution in [3.05, 3.63) is 11.5 Å². The number of halogens is 1. The molecule has 1 unspecified atom stereocenters.